The number of carbonyl (C=O) groups is 2. The topological polar surface area (TPSA) is 118 Å². The van der Waals surface area contributed by atoms with Crippen molar-refractivity contribution in [2.45, 2.75) is 13.0 Å². The van der Waals surface area contributed by atoms with Crippen molar-refractivity contribution >= 4 is 38.9 Å². The molecule has 0 fully saturated rings. The molecule has 0 aromatic carbocycles. The number of sulfone groups is 1. The average Bonchev–Trinajstić information content (AvgIpc) is 2.10. The Morgan fingerprint density at radius 1 is 1.35 bits per heavy atom. The first-order chi connectivity index (χ1) is 7.61. The molecule has 98 valence electrons. The number of nitrogens with two attached hydrogens (primary N) is 1. The van der Waals surface area contributed by atoms with Crippen molar-refractivity contribution in [1.29, 1.82) is 0 Å². The van der Waals surface area contributed by atoms with Crippen LogP contribution < -0.4 is 16.4 Å². The summed E-state index contributed by atoms with van der Waals surface area (Å²) in [4.78, 5) is 22.5. The smallest absolute Gasteiger partial charge is 0.309 e. The molecule has 0 aliphatic rings. The standard InChI is InChI=1S/C8H15N3O4S2/c1-5(4-17(2,14)15)11-8(13)7(12)10-3-6(9)16/h5H,3-4H2,1-2H3,(H2,9,16)(H,10,12)(H,11,13). The molecule has 0 radical (unpaired) electrons. The molecule has 7 nitrogen and oxygen atoms in total. The molecule has 0 heterocycles. The molecular weight excluding hydrogens is 266 g/mol. The quantitative estimate of drug-likeness (QED) is 0.394. The molecular formula is C8H15N3O4S2. The number of thiocarbonyl (C=S) groups is 1. The second kappa shape index (κ2) is 6.50. The highest BCUT2D eigenvalue weighted by molar-refractivity contribution is 7.90. The van der Waals surface area contributed by atoms with Crippen LogP contribution in [0.25, 0.3) is 0 Å². The molecule has 9 heteroatoms. The highest BCUT2D eigenvalue weighted by Crippen LogP contribution is 1.89. The first-order valence-electron chi connectivity index (χ1n) is 4.66. The lowest BCUT2D eigenvalue weighted by atomic mass is 10.4. The third-order valence-corrected chi connectivity index (χ3v) is 2.81. The lowest BCUT2D eigenvalue weighted by Gasteiger charge is -2.12. The first kappa shape index (κ1) is 15.8. The van der Waals surface area contributed by atoms with Gasteiger partial charge in [-0.15, -0.1) is 0 Å². The van der Waals surface area contributed by atoms with Crippen molar-refractivity contribution in [3.63, 3.8) is 0 Å². The zero-order chi connectivity index (χ0) is 13.6. The molecule has 0 aliphatic heterocycles. The van der Waals surface area contributed by atoms with Gasteiger partial charge in [0.25, 0.3) is 0 Å². The summed E-state index contributed by atoms with van der Waals surface area (Å²) in [7, 11) is -3.21. The summed E-state index contributed by atoms with van der Waals surface area (Å²) in [6.07, 6.45) is 1.04. The summed E-state index contributed by atoms with van der Waals surface area (Å²) < 4.78 is 21.8. The molecule has 4 N–H and O–H groups in total. The largest absolute Gasteiger partial charge is 0.392 e. The van der Waals surface area contributed by atoms with E-state index in [4.69, 9.17) is 5.73 Å². The van der Waals surface area contributed by atoms with E-state index in [2.05, 4.69) is 22.9 Å². The van der Waals surface area contributed by atoms with Gasteiger partial charge in [0.15, 0.2) is 0 Å². The summed E-state index contributed by atoms with van der Waals surface area (Å²) in [5.74, 6) is -2.06. The maximum absolute atomic E-state index is 11.2. The molecule has 0 spiro atoms. The molecule has 0 aromatic rings. The third kappa shape index (κ3) is 8.57. The third-order valence-electron chi connectivity index (χ3n) is 1.56. The highest BCUT2D eigenvalue weighted by atomic mass is 32.2. The van der Waals surface area contributed by atoms with Gasteiger partial charge in [0.2, 0.25) is 0 Å². The predicted octanol–water partition coefficient (Wildman–Crippen LogP) is -2.06. The summed E-state index contributed by atoms with van der Waals surface area (Å²) in [5.41, 5.74) is 5.13. The van der Waals surface area contributed by atoms with Crippen molar-refractivity contribution in [3.05, 3.63) is 0 Å². The van der Waals surface area contributed by atoms with E-state index in [1.54, 1.807) is 0 Å². The first-order valence-corrected chi connectivity index (χ1v) is 7.13. The number of rotatable bonds is 5. The van der Waals surface area contributed by atoms with Crippen LogP contribution in [0.3, 0.4) is 0 Å². The minimum atomic E-state index is -3.21. The van der Waals surface area contributed by atoms with Crippen LogP contribution in [0.4, 0.5) is 0 Å². The second-order valence-electron chi connectivity index (χ2n) is 3.62. The van der Waals surface area contributed by atoms with Gasteiger partial charge >= 0.3 is 11.8 Å². The van der Waals surface area contributed by atoms with Crippen LogP contribution in [0.15, 0.2) is 0 Å². The monoisotopic (exact) mass is 281 g/mol. The highest BCUT2D eigenvalue weighted by Gasteiger charge is 2.18. The molecule has 0 rings (SSSR count). The number of nitrogens with one attached hydrogen (secondary N) is 2. The Balaban J connectivity index is 4.17. The van der Waals surface area contributed by atoms with E-state index in [1.165, 1.54) is 6.92 Å². The minimum Gasteiger partial charge on any atom is -0.392 e. The molecule has 0 saturated carbocycles. The number of hydrogen-bond acceptors (Lipinski definition) is 5. The van der Waals surface area contributed by atoms with Crippen LogP contribution in [0.2, 0.25) is 0 Å². The summed E-state index contributed by atoms with van der Waals surface area (Å²) in [6, 6.07) is -0.645. The van der Waals surface area contributed by atoms with Gasteiger partial charge in [-0.2, -0.15) is 0 Å². The van der Waals surface area contributed by atoms with Gasteiger partial charge < -0.3 is 16.4 Å². The molecule has 17 heavy (non-hydrogen) atoms. The predicted molar refractivity (Wildman–Crippen MR) is 67.1 cm³/mol. The Hall–Kier alpha value is -1.22. The van der Waals surface area contributed by atoms with Crippen LogP contribution in [0, 0.1) is 0 Å². The molecule has 2 amide bonds. The normalized spacial score (nSPS) is 12.6. The van der Waals surface area contributed by atoms with Crippen LogP contribution in [-0.4, -0.2) is 49.8 Å². The van der Waals surface area contributed by atoms with Gasteiger partial charge in [-0.3, -0.25) is 9.59 Å². The fourth-order valence-corrected chi connectivity index (χ4v) is 2.10. The summed E-state index contributed by atoms with van der Waals surface area (Å²) in [6.45, 7) is 1.40. The van der Waals surface area contributed by atoms with E-state index in [0.717, 1.165) is 6.26 Å². The van der Waals surface area contributed by atoms with Gasteiger partial charge in [0, 0.05) is 12.3 Å². The van der Waals surface area contributed by atoms with Gasteiger partial charge in [-0.25, -0.2) is 8.42 Å². The van der Waals surface area contributed by atoms with Gasteiger partial charge in [-0.1, -0.05) is 12.2 Å². The average molecular weight is 281 g/mol. The Bertz CT molecular complexity index is 418. The fraction of sp³-hybridized carbons (Fsp3) is 0.625. The maximum Gasteiger partial charge on any atom is 0.309 e. The molecule has 1 unspecified atom stereocenters. The van der Waals surface area contributed by atoms with Crippen molar-refractivity contribution in [3.8, 4) is 0 Å². The van der Waals surface area contributed by atoms with Crippen LogP contribution >= 0.6 is 12.2 Å². The van der Waals surface area contributed by atoms with Crippen LogP contribution in [0.5, 0.6) is 0 Å². The lowest BCUT2D eigenvalue weighted by molar-refractivity contribution is -0.139. The second-order valence-corrected chi connectivity index (χ2v) is 6.33. The molecule has 0 bridgehead atoms. The Morgan fingerprint density at radius 3 is 2.29 bits per heavy atom. The minimum absolute atomic E-state index is 0.0512. The Kier molecular flexibility index (Phi) is 6.03. The molecule has 0 saturated heterocycles. The Labute approximate surface area is 105 Å². The molecule has 1 atom stereocenters. The fourth-order valence-electron chi connectivity index (χ4n) is 1.03. The van der Waals surface area contributed by atoms with Crippen molar-refractivity contribution < 1.29 is 18.0 Å². The van der Waals surface area contributed by atoms with E-state index in [9.17, 15) is 18.0 Å². The van der Waals surface area contributed by atoms with Crippen LogP contribution in [-0.2, 0) is 19.4 Å². The zero-order valence-electron chi connectivity index (χ0n) is 9.52. The molecule has 0 aromatic heterocycles. The van der Waals surface area contributed by atoms with Crippen molar-refractivity contribution in [2.75, 3.05) is 18.6 Å². The zero-order valence-corrected chi connectivity index (χ0v) is 11.2. The van der Waals surface area contributed by atoms with E-state index in [0.29, 0.717) is 0 Å². The maximum atomic E-state index is 11.2. The van der Waals surface area contributed by atoms with Gasteiger partial charge in [0.1, 0.15) is 9.84 Å². The summed E-state index contributed by atoms with van der Waals surface area (Å²) >= 11 is 4.51. The van der Waals surface area contributed by atoms with Crippen LogP contribution in [0.1, 0.15) is 6.92 Å². The van der Waals surface area contributed by atoms with Gasteiger partial charge in [0.05, 0.1) is 17.3 Å². The number of hydrogen-bond donors (Lipinski definition) is 3. The van der Waals surface area contributed by atoms with Crippen molar-refractivity contribution in [2.24, 2.45) is 5.73 Å². The number of amides is 2. The lowest BCUT2D eigenvalue weighted by Crippen LogP contribution is -2.47. The van der Waals surface area contributed by atoms with Gasteiger partial charge in [-0.05, 0) is 6.92 Å². The van der Waals surface area contributed by atoms with E-state index in [1.807, 2.05) is 0 Å². The summed E-state index contributed by atoms with van der Waals surface area (Å²) in [5, 5.41) is 4.43. The van der Waals surface area contributed by atoms with Crippen molar-refractivity contribution in [1.82, 2.24) is 10.6 Å². The SMILES string of the molecule is CC(CS(C)(=O)=O)NC(=O)C(=O)NCC(N)=S. The Morgan fingerprint density at radius 2 is 1.88 bits per heavy atom. The van der Waals surface area contributed by atoms with E-state index in [-0.39, 0.29) is 17.3 Å². The molecule has 0 aliphatic carbocycles. The number of carbonyl (C=O) groups excluding carboxylic acids is 2. The van der Waals surface area contributed by atoms with E-state index < -0.39 is 27.7 Å². The van der Waals surface area contributed by atoms with E-state index >= 15 is 0 Å².